The minimum Gasteiger partial charge on any atom is -0.478 e. The molecule has 1 rings (SSSR count). The lowest BCUT2D eigenvalue weighted by molar-refractivity contribution is 0.0696. The Kier molecular flexibility index (Phi) is 6.52. The molecule has 22 heavy (non-hydrogen) atoms. The zero-order valence-electron chi connectivity index (χ0n) is 13.5. The van der Waals surface area contributed by atoms with Crippen LogP contribution in [0.25, 0.3) is 0 Å². The van der Waals surface area contributed by atoms with Crippen LogP contribution >= 0.6 is 0 Å². The Bertz CT molecular complexity index is 624. The van der Waals surface area contributed by atoms with E-state index in [1.165, 1.54) is 18.2 Å². The fraction of sp³-hybridized carbons (Fsp3) is 0.533. The van der Waals surface area contributed by atoms with Crippen molar-refractivity contribution in [1.29, 1.82) is 0 Å². The highest BCUT2D eigenvalue weighted by Crippen LogP contribution is 2.17. The predicted molar refractivity (Wildman–Crippen MR) is 85.7 cm³/mol. The highest BCUT2D eigenvalue weighted by atomic mass is 32.2. The van der Waals surface area contributed by atoms with Crippen molar-refractivity contribution in [2.75, 3.05) is 19.6 Å². The van der Waals surface area contributed by atoms with Gasteiger partial charge in [-0.1, -0.05) is 19.9 Å². The number of sulfonamides is 1. The van der Waals surface area contributed by atoms with Crippen molar-refractivity contribution in [3.63, 3.8) is 0 Å². The van der Waals surface area contributed by atoms with E-state index in [1.54, 1.807) is 6.92 Å². The molecule has 0 saturated carbocycles. The Balaban J connectivity index is 2.95. The topological polar surface area (TPSA) is 86.7 Å². The van der Waals surface area contributed by atoms with Crippen LogP contribution in [0, 0.1) is 6.92 Å². The second kappa shape index (κ2) is 7.71. The summed E-state index contributed by atoms with van der Waals surface area (Å²) in [6.45, 7) is 9.61. The van der Waals surface area contributed by atoms with Crippen LogP contribution in [-0.4, -0.2) is 50.1 Å². The van der Waals surface area contributed by atoms with Gasteiger partial charge in [0.25, 0.3) is 0 Å². The molecule has 0 aliphatic rings. The van der Waals surface area contributed by atoms with Crippen LogP contribution in [0.15, 0.2) is 23.1 Å². The molecular weight excluding hydrogens is 304 g/mol. The monoisotopic (exact) mass is 328 g/mol. The van der Waals surface area contributed by atoms with E-state index in [1.807, 2.05) is 20.8 Å². The molecule has 1 aromatic carbocycles. The standard InChI is InChI=1S/C15H24N2O4S/c1-5-17(6-2)12(4)10-16-22(20,21)14-9-13(15(18)19)8-7-11(14)3/h7-9,12,16H,5-6,10H2,1-4H3,(H,18,19). The normalized spacial score (nSPS) is 13.3. The number of aromatic carboxylic acids is 1. The quantitative estimate of drug-likeness (QED) is 0.758. The molecule has 6 nitrogen and oxygen atoms in total. The zero-order valence-corrected chi connectivity index (χ0v) is 14.3. The van der Waals surface area contributed by atoms with E-state index >= 15 is 0 Å². The number of nitrogens with zero attached hydrogens (tertiary/aromatic N) is 1. The molecule has 1 aromatic rings. The second-order valence-corrected chi connectivity index (χ2v) is 6.94. The first-order chi connectivity index (χ1) is 10.2. The van der Waals surface area contributed by atoms with Crippen molar-refractivity contribution >= 4 is 16.0 Å². The van der Waals surface area contributed by atoms with Gasteiger partial charge in [-0.3, -0.25) is 4.90 Å². The highest BCUT2D eigenvalue weighted by molar-refractivity contribution is 7.89. The van der Waals surface area contributed by atoms with Crippen LogP contribution < -0.4 is 4.72 Å². The molecule has 0 radical (unpaired) electrons. The number of hydrogen-bond donors (Lipinski definition) is 2. The summed E-state index contributed by atoms with van der Waals surface area (Å²) in [5.74, 6) is -1.15. The lowest BCUT2D eigenvalue weighted by Crippen LogP contribution is -2.42. The number of likely N-dealkylation sites (N-methyl/N-ethyl adjacent to an activating group) is 1. The summed E-state index contributed by atoms with van der Waals surface area (Å²) in [6.07, 6.45) is 0. The molecule has 2 N–H and O–H groups in total. The smallest absolute Gasteiger partial charge is 0.335 e. The Morgan fingerprint density at radius 1 is 1.32 bits per heavy atom. The van der Waals surface area contributed by atoms with E-state index in [0.29, 0.717) is 5.56 Å². The summed E-state index contributed by atoms with van der Waals surface area (Å²) < 4.78 is 27.4. The lowest BCUT2D eigenvalue weighted by Gasteiger charge is -2.26. The zero-order chi connectivity index (χ0) is 16.9. The SMILES string of the molecule is CCN(CC)C(C)CNS(=O)(=O)c1cc(C(=O)O)ccc1C. The molecule has 0 aliphatic heterocycles. The van der Waals surface area contributed by atoms with Crippen molar-refractivity contribution < 1.29 is 18.3 Å². The maximum atomic E-state index is 12.4. The largest absolute Gasteiger partial charge is 0.478 e. The average molecular weight is 328 g/mol. The number of rotatable bonds is 8. The van der Waals surface area contributed by atoms with Crippen molar-refractivity contribution in [2.45, 2.75) is 38.6 Å². The van der Waals surface area contributed by atoms with Gasteiger partial charge in [0.1, 0.15) is 0 Å². The maximum absolute atomic E-state index is 12.4. The molecule has 1 atom stereocenters. The van der Waals surface area contributed by atoms with Gasteiger partial charge in [0.15, 0.2) is 0 Å². The minimum atomic E-state index is -3.73. The minimum absolute atomic E-state index is 0.0131. The summed E-state index contributed by atoms with van der Waals surface area (Å²) in [5.41, 5.74) is 0.482. The Labute approximate surface area is 132 Å². The van der Waals surface area contributed by atoms with Gasteiger partial charge in [-0.05, 0) is 44.6 Å². The molecule has 0 bridgehead atoms. The maximum Gasteiger partial charge on any atom is 0.335 e. The first-order valence-electron chi connectivity index (χ1n) is 7.30. The number of carboxylic acids is 1. The fourth-order valence-electron chi connectivity index (χ4n) is 2.31. The number of carboxylic acid groups (broad SMARTS) is 1. The van der Waals surface area contributed by atoms with Gasteiger partial charge < -0.3 is 5.11 Å². The highest BCUT2D eigenvalue weighted by Gasteiger charge is 2.20. The van der Waals surface area contributed by atoms with Crippen LogP contribution in [0.2, 0.25) is 0 Å². The molecule has 0 spiro atoms. The molecule has 0 heterocycles. The molecule has 1 unspecified atom stereocenters. The molecule has 0 amide bonds. The number of nitrogens with one attached hydrogen (secondary N) is 1. The van der Waals surface area contributed by atoms with Crippen LogP contribution in [-0.2, 0) is 10.0 Å². The Hall–Kier alpha value is -1.44. The third-order valence-electron chi connectivity index (χ3n) is 3.73. The van der Waals surface area contributed by atoms with E-state index in [-0.39, 0.29) is 23.0 Å². The molecular formula is C15H24N2O4S. The van der Waals surface area contributed by atoms with Gasteiger partial charge in [0, 0.05) is 12.6 Å². The Morgan fingerprint density at radius 3 is 2.41 bits per heavy atom. The molecule has 0 aliphatic carbocycles. The molecule has 0 saturated heterocycles. The predicted octanol–water partition coefficient (Wildman–Crippen LogP) is 1.70. The van der Waals surface area contributed by atoms with Crippen molar-refractivity contribution in [1.82, 2.24) is 9.62 Å². The van der Waals surface area contributed by atoms with Gasteiger partial charge in [-0.25, -0.2) is 17.9 Å². The van der Waals surface area contributed by atoms with Crippen molar-refractivity contribution in [2.24, 2.45) is 0 Å². The van der Waals surface area contributed by atoms with Crippen LogP contribution in [0.5, 0.6) is 0 Å². The second-order valence-electron chi connectivity index (χ2n) is 5.21. The van der Waals surface area contributed by atoms with Crippen LogP contribution in [0.3, 0.4) is 0 Å². The van der Waals surface area contributed by atoms with Gasteiger partial charge >= 0.3 is 5.97 Å². The van der Waals surface area contributed by atoms with Crippen LogP contribution in [0.1, 0.15) is 36.7 Å². The van der Waals surface area contributed by atoms with E-state index in [4.69, 9.17) is 5.11 Å². The van der Waals surface area contributed by atoms with Crippen molar-refractivity contribution in [3.8, 4) is 0 Å². The fourth-order valence-corrected chi connectivity index (χ4v) is 3.70. The van der Waals surface area contributed by atoms with Crippen LogP contribution in [0.4, 0.5) is 0 Å². The van der Waals surface area contributed by atoms with E-state index in [9.17, 15) is 13.2 Å². The third kappa shape index (κ3) is 4.53. The van der Waals surface area contributed by atoms with E-state index < -0.39 is 16.0 Å². The summed E-state index contributed by atoms with van der Waals surface area (Å²) in [5, 5.41) is 9.00. The van der Waals surface area contributed by atoms with Gasteiger partial charge in [-0.2, -0.15) is 0 Å². The van der Waals surface area contributed by atoms with E-state index in [2.05, 4.69) is 9.62 Å². The average Bonchev–Trinajstić information content (AvgIpc) is 2.46. The number of carbonyl (C=O) groups is 1. The number of benzene rings is 1. The summed E-state index contributed by atoms with van der Waals surface area (Å²) >= 11 is 0. The van der Waals surface area contributed by atoms with Crippen molar-refractivity contribution in [3.05, 3.63) is 29.3 Å². The Morgan fingerprint density at radius 2 is 1.91 bits per heavy atom. The molecule has 7 heteroatoms. The summed E-state index contributed by atoms with van der Waals surface area (Å²) in [7, 11) is -3.73. The molecule has 0 fully saturated rings. The van der Waals surface area contributed by atoms with Gasteiger partial charge in [0.05, 0.1) is 10.5 Å². The van der Waals surface area contributed by atoms with Gasteiger partial charge in [0.2, 0.25) is 10.0 Å². The van der Waals surface area contributed by atoms with E-state index in [0.717, 1.165) is 13.1 Å². The molecule has 0 aromatic heterocycles. The summed E-state index contributed by atoms with van der Waals surface area (Å²) in [4.78, 5) is 13.2. The van der Waals surface area contributed by atoms with Gasteiger partial charge in [-0.15, -0.1) is 0 Å². The lowest BCUT2D eigenvalue weighted by atomic mass is 10.1. The number of aryl methyl sites for hydroxylation is 1. The molecule has 124 valence electrons. The first kappa shape index (κ1) is 18.6. The number of hydrogen-bond acceptors (Lipinski definition) is 4. The third-order valence-corrected chi connectivity index (χ3v) is 5.29. The first-order valence-corrected chi connectivity index (χ1v) is 8.78. The summed E-state index contributed by atoms with van der Waals surface area (Å²) in [6, 6.07) is 4.16.